The average Bonchev–Trinajstić information content (AvgIpc) is 3.41. The molecule has 0 saturated carbocycles. The molecule has 0 aliphatic rings. The maximum Gasteiger partial charge on any atom is 0.390 e. The van der Waals surface area contributed by atoms with Gasteiger partial charge in [0.1, 0.15) is 11.5 Å². The number of hydrogen-bond donors (Lipinski definition) is 2. The first-order valence-electron chi connectivity index (χ1n) is 9.08. The van der Waals surface area contributed by atoms with Gasteiger partial charge in [-0.05, 0) is 24.0 Å². The van der Waals surface area contributed by atoms with Crippen LogP contribution in [0.25, 0.3) is 0 Å². The highest BCUT2D eigenvalue weighted by molar-refractivity contribution is 6.02. The smallest absolute Gasteiger partial charge is 0.390 e. The molecule has 3 heterocycles. The van der Waals surface area contributed by atoms with Crippen LogP contribution in [0.4, 0.5) is 11.5 Å². The van der Waals surface area contributed by atoms with Gasteiger partial charge in [0.25, 0.3) is 5.91 Å². The molecule has 0 saturated heterocycles. The Morgan fingerprint density at radius 2 is 2.17 bits per heavy atom. The standard InChI is InChI=1S/C18H21N7O5/c1-11(10-24-12(2)7-15(22-24)25(28)29)17(26)21-14-9-20-23(3)16(14)18(27)19-8-13-5-4-6-30-13/h4-7,9,11H,8,10H2,1-3H3,(H,19,27)(H,21,26). The molecular weight excluding hydrogens is 394 g/mol. The molecule has 3 aromatic heterocycles. The molecule has 12 heteroatoms. The number of nitrogens with one attached hydrogen (secondary N) is 2. The number of nitro groups is 1. The molecule has 2 N–H and O–H groups in total. The van der Waals surface area contributed by atoms with Crippen LogP contribution in [-0.4, -0.2) is 36.3 Å². The molecule has 158 valence electrons. The number of carbonyl (C=O) groups excluding carboxylic acids is 2. The molecule has 0 spiro atoms. The van der Waals surface area contributed by atoms with Crippen LogP contribution in [-0.2, 0) is 24.9 Å². The second kappa shape index (κ2) is 8.59. The number of hydrogen-bond acceptors (Lipinski definition) is 7. The number of carbonyl (C=O) groups is 2. The minimum Gasteiger partial charge on any atom is -0.467 e. The molecule has 0 aliphatic heterocycles. The van der Waals surface area contributed by atoms with Gasteiger partial charge >= 0.3 is 5.82 Å². The Kier molecular flexibility index (Phi) is 5.95. The number of anilines is 1. The quantitative estimate of drug-likeness (QED) is 0.419. The Labute approximate surface area is 171 Å². The first-order chi connectivity index (χ1) is 14.3. The van der Waals surface area contributed by atoms with E-state index in [1.807, 2.05) is 0 Å². The zero-order valence-corrected chi connectivity index (χ0v) is 16.7. The largest absolute Gasteiger partial charge is 0.467 e. The van der Waals surface area contributed by atoms with Crippen LogP contribution in [0.2, 0.25) is 0 Å². The first kappa shape index (κ1) is 20.8. The lowest BCUT2D eigenvalue weighted by molar-refractivity contribution is -0.389. The summed E-state index contributed by atoms with van der Waals surface area (Å²) in [6.07, 6.45) is 2.89. The van der Waals surface area contributed by atoms with Crippen LogP contribution in [0.3, 0.4) is 0 Å². The van der Waals surface area contributed by atoms with Crippen LogP contribution in [0.1, 0.15) is 28.9 Å². The van der Waals surface area contributed by atoms with Crippen molar-refractivity contribution >= 4 is 23.3 Å². The summed E-state index contributed by atoms with van der Waals surface area (Å²) in [7, 11) is 1.59. The molecular formula is C18H21N7O5. The minimum atomic E-state index is -0.586. The normalized spacial score (nSPS) is 11.8. The Hall–Kier alpha value is -3.96. The molecule has 30 heavy (non-hydrogen) atoms. The molecule has 0 aromatic carbocycles. The summed E-state index contributed by atoms with van der Waals surface area (Å²) in [4.78, 5) is 35.5. The predicted octanol–water partition coefficient (Wildman–Crippen LogP) is 1.63. The maximum absolute atomic E-state index is 12.6. The molecule has 2 amide bonds. The van der Waals surface area contributed by atoms with E-state index in [1.54, 1.807) is 33.0 Å². The molecule has 1 unspecified atom stereocenters. The number of nitrogens with zero attached hydrogens (tertiary/aromatic N) is 5. The zero-order chi connectivity index (χ0) is 21.8. The van der Waals surface area contributed by atoms with Crippen LogP contribution in [0, 0.1) is 23.0 Å². The van der Waals surface area contributed by atoms with Crippen molar-refractivity contribution in [2.24, 2.45) is 13.0 Å². The van der Waals surface area contributed by atoms with Gasteiger partial charge in [0.05, 0.1) is 54.0 Å². The van der Waals surface area contributed by atoms with Crippen molar-refractivity contribution in [3.8, 4) is 0 Å². The Balaban J connectivity index is 1.66. The second-order valence-corrected chi connectivity index (χ2v) is 6.77. The SMILES string of the molecule is Cc1cc([N+](=O)[O-])nn1CC(C)C(=O)Nc1cnn(C)c1C(=O)NCc1ccco1. The second-order valence-electron chi connectivity index (χ2n) is 6.77. The van der Waals surface area contributed by atoms with Crippen molar-refractivity contribution < 1.29 is 18.9 Å². The lowest BCUT2D eigenvalue weighted by atomic mass is 10.1. The zero-order valence-electron chi connectivity index (χ0n) is 16.7. The number of amides is 2. The molecule has 3 aromatic rings. The minimum absolute atomic E-state index is 0.145. The van der Waals surface area contributed by atoms with Gasteiger partial charge in [0.15, 0.2) is 0 Å². The fraction of sp³-hybridized carbons (Fsp3) is 0.333. The van der Waals surface area contributed by atoms with E-state index in [2.05, 4.69) is 20.8 Å². The van der Waals surface area contributed by atoms with Crippen LogP contribution < -0.4 is 10.6 Å². The van der Waals surface area contributed by atoms with Gasteiger partial charge in [-0.15, -0.1) is 0 Å². The van der Waals surface area contributed by atoms with Crippen molar-refractivity contribution in [2.75, 3.05) is 5.32 Å². The van der Waals surface area contributed by atoms with E-state index in [4.69, 9.17) is 4.42 Å². The average molecular weight is 415 g/mol. The van der Waals surface area contributed by atoms with E-state index in [9.17, 15) is 19.7 Å². The number of aromatic nitrogens is 4. The highest BCUT2D eigenvalue weighted by Gasteiger charge is 2.24. The van der Waals surface area contributed by atoms with Crippen LogP contribution in [0.5, 0.6) is 0 Å². The van der Waals surface area contributed by atoms with E-state index < -0.39 is 16.7 Å². The van der Waals surface area contributed by atoms with E-state index in [-0.39, 0.29) is 36.2 Å². The monoisotopic (exact) mass is 415 g/mol. The van der Waals surface area contributed by atoms with Gasteiger partial charge in [0.2, 0.25) is 5.91 Å². The van der Waals surface area contributed by atoms with Gasteiger partial charge in [-0.3, -0.25) is 14.3 Å². The highest BCUT2D eigenvalue weighted by Crippen LogP contribution is 2.17. The molecule has 1 atom stereocenters. The molecule has 12 nitrogen and oxygen atoms in total. The third kappa shape index (κ3) is 4.54. The van der Waals surface area contributed by atoms with Crippen molar-refractivity contribution in [3.05, 3.63) is 57.9 Å². The molecule has 0 fully saturated rings. The summed E-state index contributed by atoms with van der Waals surface area (Å²) in [5.41, 5.74) is 1.02. The fourth-order valence-electron chi connectivity index (χ4n) is 2.83. The first-order valence-corrected chi connectivity index (χ1v) is 9.08. The van der Waals surface area contributed by atoms with Crippen molar-refractivity contribution in [1.82, 2.24) is 24.9 Å². The van der Waals surface area contributed by atoms with Crippen molar-refractivity contribution in [1.29, 1.82) is 0 Å². The topological polar surface area (TPSA) is 150 Å². The predicted molar refractivity (Wildman–Crippen MR) is 104 cm³/mol. The van der Waals surface area contributed by atoms with Gasteiger partial charge < -0.3 is 25.2 Å². The summed E-state index contributed by atoms with van der Waals surface area (Å²) < 4.78 is 7.95. The number of rotatable bonds is 8. The van der Waals surface area contributed by atoms with Crippen molar-refractivity contribution in [2.45, 2.75) is 26.9 Å². The maximum atomic E-state index is 12.6. The fourth-order valence-corrected chi connectivity index (χ4v) is 2.83. The van der Waals surface area contributed by atoms with Gasteiger partial charge in [0, 0.05) is 7.05 Å². The number of furan rings is 1. The molecule has 3 rings (SSSR count). The lowest BCUT2D eigenvalue weighted by Gasteiger charge is -2.12. The lowest BCUT2D eigenvalue weighted by Crippen LogP contribution is -2.29. The Morgan fingerprint density at radius 1 is 1.40 bits per heavy atom. The van der Waals surface area contributed by atoms with E-state index in [0.29, 0.717) is 11.5 Å². The number of aryl methyl sites for hydroxylation is 2. The van der Waals surface area contributed by atoms with Crippen LogP contribution in [0.15, 0.2) is 35.1 Å². The summed E-state index contributed by atoms with van der Waals surface area (Å²) in [5, 5.41) is 24.2. The third-order valence-corrected chi connectivity index (χ3v) is 4.46. The summed E-state index contributed by atoms with van der Waals surface area (Å²) in [6.45, 7) is 3.67. The molecule has 0 radical (unpaired) electrons. The van der Waals surface area contributed by atoms with E-state index >= 15 is 0 Å². The molecule has 0 aliphatic carbocycles. The molecule has 0 bridgehead atoms. The summed E-state index contributed by atoms with van der Waals surface area (Å²) >= 11 is 0. The summed E-state index contributed by atoms with van der Waals surface area (Å²) in [6, 6.07) is 4.79. The summed E-state index contributed by atoms with van der Waals surface area (Å²) in [5.74, 6) is -1.05. The van der Waals surface area contributed by atoms with E-state index in [1.165, 1.54) is 27.9 Å². The third-order valence-electron chi connectivity index (χ3n) is 4.46. The Morgan fingerprint density at radius 3 is 2.80 bits per heavy atom. The van der Waals surface area contributed by atoms with Gasteiger partial charge in [-0.1, -0.05) is 6.92 Å². The van der Waals surface area contributed by atoms with Crippen LogP contribution >= 0.6 is 0 Å². The highest BCUT2D eigenvalue weighted by atomic mass is 16.6. The van der Waals surface area contributed by atoms with Gasteiger partial charge in [-0.2, -0.15) is 9.78 Å². The van der Waals surface area contributed by atoms with Crippen molar-refractivity contribution in [3.63, 3.8) is 0 Å². The Bertz CT molecular complexity index is 1070. The van der Waals surface area contributed by atoms with E-state index in [0.717, 1.165) is 0 Å². The van der Waals surface area contributed by atoms with Gasteiger partial charge in [-0.25, -0.2) is 0 Å².